The maximum atomic E-state index is 6.01. The van der Waals surface area contributed by atoms with Crippen LogP contribution in [0.5, 0.6) is 5.75 Å². The summed E-state index contributed by atoms with van der Waals surface area (Å²) in [5.41, 5.74) is 3.54. The Morgan fingerprint density at radius 3 is 2.50 bits per heavy atom. The molecule has 0 aliphatic rings. The fourth-order valence-corrected chi connectivity index (χ4v) is 3.00. The van der Waals surface area contributed by atoms with Crippen molar-refractivity contribution in [3.8, 4) is 5.75 Å². The van der Waals surface area contributed by atoms with Crippen LogP contribution in [0.1, 0.15) is 16.7 Å². The summed E-state index contributed by atoms with van der Waals surface area (Å²) in [7, 11) is 0.236. The van der Waals surface area contributed by atoms with E-state index >= 15 is 0 Å². The van der Waals surface area contributed by atoms with Crippen LogP contribution in [0.2, 0.25) is 0 Å². The molecule has 0 N–H and O–H groups in total. The number of hydrogen-bond donors (Lipinski definition) is 0. The Hall–Kier alpha value is -1.04. The number of ether oxygens (including phenoxy) is 1. The van der Waals surface area contributed by atoms with Crippen LogP contribution in [0.4, 0.5) is 0 Å². The molecule has 0 fully saturated rings. The SMILES string of the molecule is Cc1cc(C)c(OCc2ccccc2)c(PCl)c1. The summed E-state index contributed by atoms with van der Waals surface area (Å²) in [6.07, 6.45) is 0. The highest BCUT2D eigenvalue weighted by Crippen LogP contribution is 2.28. The zero-order valence-corrected chi connectivity index (χ0v) is 12.3. The smallest absolute Gasteiger partial charge is 0.131 e. The molecule has 0 heterocycles. The largest absolute Gasteiger partial charge is 0.488 e. The predicted octanol–water partition coefficient (Wildman–Crippen LogP) is 4.34. The van der Waals surface area contributed by atoms with Crippen LogP contribution in [0, 0.1) is 13.8 Å². The molecule has 0 saturated heterocycles. The third-order valence-electron chi connectivity index (χ3n) is 2.75. The van der Waals surface area contributed by atoms with Gasteiger partial charge in [0.1, 0.15) is 12.4 Å². The number of aryl methyl sites for hydroxylation is 2. The molecule has 94 valence electrons. The Bertz CT molecular complexity index is 526. The molecule has 0 radical (unpaired) electrons. The molecule has 0 aromatic heterocycles. The van der Waals surface area contributed by atoms with Crippen LogP contribution in [0.15, 0.2) is 42.5 Å². The third kappa shape index (κ3) is 3.25. The van der Waals surface area contributed by atoms with Crippen molar-refractivity contribution in [2.75, 3.05) is 0 Å². The van der Waals surface area contributed by atoms with E-state index in [-0.39, 0.29) is 7.93 Å². The zero-order valence-electron chi connectivity index (χ0n) is 10.5. The van der Waals surface area contributed by atoms with Gasteiger partial charge in [-0.1, -0.05) is 47.6 Å². The summed E-state index contributed by atoms with van der Waals surface area (Å²) >= 11 is 6.01. The lowest BCUT2D eigenvalue weighted by Crippen LogP contribution is -2.06. The molecule has 2 aromatic rings. The molecule has 3 heteroatoms. The molecule has 0 aliphatic carbocycles. The standard InChI is InChI=1S/C15H16ClOP/c1-11-8-12(2)15(14(9-11)18-16)17-10-13-6-4-3-5-7-13/h3-9,18H,10H2,1-2H3. The molecular weight excluding hydrogens is 263 g/mol. The molecule has 0 bridgehead atoms. The molecule has 0 amide bonds. The summed E-state index contributed by atoms with van der Waals surface area (Å²) < 4.78 is 5.92. The van der Waals surface area contributed by atoms with Crippen molar-refractivity contribution in [3.05, 3.63) is 59.2 Å². The van der Waals surface area contributed by atoms with Gasteiger partial charge in [0.05, 0.1) is 0 Å². The van der Waals surface area contributed by atoms with Gasteiger partial charge in [0, 0.05) is 13.2 Å². The maximum Gasteiger partial charge on any atom is 0.131 e. The molecule has 1 nitrogen and oxygen atoms in total. The molecule has 1 atom stereocenters. The Balaban J connectivity index is 2.19. The van der Waals surface area contributed by atoms with Crippen LogP contribution in [0.25, 0.3) is 0 Å². The quantitative estimate of drug-likeness (QED) is 0.756. The lowest BCUT2D eigenvalue weighted by atomic mass is 10.1. The zero-order chi connectivity index (χ0) is 13.0. The average Bonchev–Trinajstić information content (AvgIpc) is 2.38. The minimum atomic E-state index is 0.236. The van der Waals surface area contributed by atoms with Gasteiger partial charge in [-0.2, -0.15) is 0 Å². The van der Waals surface area contributed by atoms with E-state index in [1.165, 1.54) is 11.1 Å². The summed E-state index contributed by atoms with van der Waals surface area (Å²) in [5, 5.41) is 1.09. The topological polar surface area (TPSA) is 9.23 Å². The van der Waals surface area contributed by atoms with Crippen molar-refractivity contribution in [1.82, 2.24) is 0 Å². The predicted molar refractivity (Wildman–Crippen MR) is 80.5 cm³/mol. The molecule has 2 rings (SSSR count). The van der Waals surface area contributed by atoms with Crippen LogP contribution in [0.3, 0.4) is 0 Å². The molecular formula is C15H16ClOP. The van der Waals surface area contributed by atoms with Gasteiger partial charge in [0.2, 0.25) is 0 Å². The highest BCUT2D eigenvalue weighted by atomic mass is 35.7. The second-order valence-corrected chi connectivity index (χ2v) is 5.62. The minimum absolute atomic E-state index is 0.236. The first kappa shape index (κ1) is 13.4. The van der Waals surface area contributed by atoms with Crippen LogP contribution >= 0.6 is 19.2 Å². The van der Waals surface area contributed by atoms with E-state index in [4.69, 9.17) is 16.0 Å². The molecule has 18 heavy (non-hydrogen) atoms. The first-order valence-corrected chi connectivity index (χ1v) is 7.86. The second kappa shape index (κ2) is 6.22. The van der Waals surface area contributed by atoms with E-state index in [1.807, 2.05) is 18.2 Å². The van der Waals surface area contributed by atoms with Crippen LogP contribution in [-0.4, -0.2) is 0 Å². The third-order valence-corrected chi connectivity index (χ3v) is 3.93. The molecule has 2 aromatic carbocycles. The van der Waals surface area contributed by atoms with E-state index in [1.54, 1.807) is 0 Å². The highest BCUT2D eigenvalue weighted by Gasteiger charge is 2.08. The van der Waals surface area contributed by atoms with E-state index in [0.717, 1.165) is 16.6 Å². The van der Waals surface area contributed by atoms with Crippen molar-refractivity contribution in [3.63, 3.8) is 0 Å². The Kier molecular flexibility index (Phi) is 4.63. The summed E-state index contributed by atoms with van der Waals surface area (Å²) in [6, 6.07) is 14.4. The van der Waals surface area contributed by atoms with Crippen molar-refractivity contribution >= 4 is 24.5 Å². The van der Waals surface area contributed by atoms with Gasteiger partial charge in [-0.15, -0.1) is 0 Å². The fraction of sp³-hybridized carbons (Fsp3) is 0.200. The Labute approximate surface area is 115 Å². The van der Waals surface area contributed by atoms with Gasteiger partial charge in [-0.25, -0.2) is 0 Å². The number of halogens is 1. The van der Waals surface area contributed by atoms with Gasteiger partial charge < -0.3 is 4.74 Å². The molecule has 0 spiro atoms. The van der Waals surface area contributed by atoms with Crippen molar-refractivity contribution in [2.45, 2.75) is 20.5 Å². The minimum Gasteiger partial charge on any atom is -0.488 e. The number of hydrogen-bond acceptors (Lipinski definition) is 1. The summed E-state index contributed by atoms with van der Waals surface area (Å²) in [5.74, 6) is 0.929. The average molecular weight is 279 g/mol. The van der Waals surface area contributed by atoms with Gasteiger partial charge in [0.15, 0.2) is 0 Å². The number of benzene rings is 2. The molecule has 0 saturated carbocycles. The summed E-state index contributed by atoms with van der Waals surface area (Å²) in [6.45, 7) is 4.72. The van der Waals surface area contributed by atoms with E-state index in [0.29, 0.717) is 6.61 Å². The van der Waals surface area contributed by atoms with Crippen LogP contribution in [-0.2, 0) is 6.61 Å². The van der Waals surface area contributed by atoms with Gasteiger partial charge >= 0.3 is 0 Å². The van der Waals surface area contributed by atoms with E-state index in [9.17, 15) is 0 Å². The van der Waals surface area contributed by atoms with Gasteiger partial charge in [0.25, 0.3) is 0 Å². The van der Waals surface area contributed by atoms with Crippen molar-refractivity contribution < 1.29 is 4.74 Å². The van der Waals surface area contributed by atoms with E-state index < -0.39 is 0 Å². The normalized spacial score (nSPS) is 11.1. The second-order valence-electron chi connectivity index (χ2n) is 4.33. The monoisotopic (exact) mass is 278 g/mol. The van der Waals surface area contributed by atoms with E-state index in [2.05, 4.69) is 38.1 Å². The first-order chi connectivity index (χ1) is 8.70. The fourth-order valence-electron chi connectivity index (χ4n) is 1.95. The van der Waals surface area contributed by atoms with Crippen molar-refractivity contribution in [1.29, 1.82) is 0 Å². The van der Waals surface area contributed by atoms with Gasteiger partial charge in [-0.3, -0.25) is 0 Å². The maximum absolute atomic E-state index is 6.01. The molecule has 1 unspecified atom stereocenters. The van der Waals surface area contributed by atoms with Crippen LogP contribution < -0.4 is 10.0 Å². The number of rotatable bonds is 4. The summed E-state index contributed by atoms with van der Waals surface area (Å²) in [4.78, 5) is 0. The Morgan fingerprint density at radius 1 is 1.11 bits per heavy atom. The molecule has 0 aliphatic heterocycles. The van der Waals surface area contributed by atoms with Crippen molar-refractivity contribution in [2.24, 2.45) is 0 Å². The Morgan fingerprint density at radius 2 is 1.83 bits per heavy atom. The first-order valence-electron chi connectivity index (χ1n) is 5.85. The lowest BCUT2D eigenvalue weighted by Gasteiger charge is -2.13. The lowest BCUT2D eigenvalue weighted by molar-refractivity contribution is 0.307. The van der Waals surface area contributed by atoms with Gasteiger partial charge in [-0.05, 0) is 36.6 Å². The highest BCUT2D eigenvalue weighted by molar-refractivity contribution is 7.75.